The SMILES string of the molecule is N#CCOc1[c]ccc(CN)c1. The first-order valence-corrected chi connectivity index (χ1v) is 3.57. The summed E-state index contributed by atoms with van der Waals surface area (Å²) in [5.74, 6) is 0.569. The molecule has 1 aromatic rings. The van der Waals surface area contributed by atoms with E-state index in [0.717, 1.165) is 5.56 Å². The van der Waals surface area contributed by atoms with Gasteiger partial charge in [-0.25, -0.2) is 0 Å². The van der Waals surface area contributed by atoms with Gasteiger partial charge in [-0.2, -0.15) is 5.26 Å². The van der Waals surface area contributed by atoms with Crippen molar-refractivity contribution in [3.05, 3.63) is 29.8 Å². The quantitative estimate of drug-likeness (QED) is 0.714. The minimum atomic E-state index is 0.0462. The number of ether oxygens (including phenoxy) is 1. The van der Waals surface area contributed by atoms with Gasteiger partial charge in [0.05, 0.1) is 0 Å². The van der Waals surface area contributed by atoms with Crippen molar-refractivity contribution in [1.82, 2.24) is 0 Å². The molecule has 1 radical (unpaired) electrons. The summed E-state index contributed by atoms with van der Waals surface area (Å²) < 4.78 is 5.03. The third kappa shape index (κ3) is 2.26. The Labute approximate surface area is 71.4 Å². The zero-order valence-corrected chi connectivity index (χ0v) is 6.58. The van der Waals surface area contributed by atoms with Crippen LogP contribution in [0, 0.1) is 17.4 Å². The van der Waals surface area contributed by atoms with E-state index < -0.39 is 0 Å². The molecule has 0 aliphatic carbocycles. The molecule has 61 valence electrons. The van der Waals surface area contributed by atoms with E-state index in [9.17, 15) is 0 Å². The van der Waals surface area contributed by atoms with Crippen LogP contribution in [0.15, 0.2) is 18.2 Å². The van der Waals surface area contributed by atoms with Gasteiger partial charge in [0.15, 0.2) is 6.61 Å². The van der Waals surface area contributed by atoms with Crippen molar-refractivity contribution in [2.75, 3.05) is 6.61 Å². The number of benzene rings is 1. The molecule has 2 N–H and O–H groups in total. The Balaban J connectivity index is 2.67. The number of hydrogen-bond donors (Lipinski definition) is 1. The van der Waals surface area contributed by atoms with E-state index in [4.69, 9.17) is 15.7 Å². The molecule has 0 unspecified atom stereocenters. The lowest BCUT2D eigenvalue weighted by Gasteiger charge is -2.01. The number of nitriles is 1. The van der Waals surface area contributed by atoms with Gasteiger partial charge in [-0.05, 0) is 11.6 Å². The summed E-state index contributed by atoms with van der Waals surface area (Å²) in [6.07, 6.45) is 0. The molecule has 0 aliphatic rings. The minimum absolute atomic E-state index is 0.0462. The van der Waals surface area contributed by atoms with Gasteiger partial charge in [-0.15, -0.1) is 0 Å². The van der Waals surface area contributed by atoms with Crippen LogP contribution < -0.4 is 10.5 Å². The Morgan fingerprint density at radius 2 is 2.50 bits per heavy atom. The lowest BCUT2D eigenvalue weighted by Crippen LogP contribution is -1.98. The molecule has 0 atom stereocenters. The summed E-state index contributed by atoms with van der Waals surface area (Å²) >= 11 is 0. The maximum Gasteiger partial charge on any atom is 0.174 e. The average molecular weight is 161 g/mol. The van der Waals surface area contributed by atoms with Crippen molar-refractivity contribution in [3.63, 3.8) is 0 Å². The van der Waals surface area contributed by atoms with E-state index in [2.05, 4.69) is 6.07 Å². The van der Waals surface area contributed by atoms with E-state index in [0.29, 0.717) is 12.3 Å². The predicted molar refractivity (Wildman–Crippen MR) is 44.3 cm³/mol. The molecule has 0 saturated carbocycles. The van der Waals surface area contributed by atoms with Crippen LogP contribution in [-0.2, 0) is 6.54 Å². The average Bonchev–Trinajstić information content (AvgIpc) is 2.15. The topological polar surface area (TPSA) is 59.0 Å². The molecule has 0 spiro atoms. The van der Waals surface area contributed by atoms with Crippen LogP contribution in [0.1, 0.15) is 5.56 Å². The van der Waals surface area contributed by atoms with Crippen molar-refractivity contribution in [3.8, 4) is 11.8 Å². The molecular formula is C9H9N2O. The van der Waals surface area contributed by atoms with Crippen LogP contribution in [0.25, 0.3) is 0 Å². The fourth-order valence-corrected chi connectivity index (χ4v) is 0.809. The Morgan fingerprint density at radius 3 is 3.17 bits per heavy atom. The summed E-state index contributed by atoms with van der Waals surface area (Å²) in [4.78, 5) is 0. The molecule has 0 saturated heterocycles. The van der Waals surface area contributed by atoms with Crippen LogP contribution in [0.4, 0.5) is 0 Å². The zero-order chi connectivity index (χ0) is 8.81. The van der Waals surface area contributed by atoms with Gasteiger partial charge in [0, 0.05) is 12.6 Å². The normalized spacial score (nSPS) is 9.00. The molecule has 1 rings (SSSR count). The molecular weight excluding hydrogens is 152 g/mol. The second kappa shape index (κ2) is 4.37. The van der Waals surface area contributed by atoms with Crippen molar-refractivity contribution >= 4 is 0 Å². The minimum Gasteiger partial charge on any atom is -0.478 e. The highest BCUT2D eigenvalue weighted by atomic mass is 16.5. The van der Waals surface area contributed by atoms with E-state index in [-0.39, 0.29) is 6.61 Å². The van der Waals surface area contributed by atoms with Crippen molar-refractivity contribution in [1.29, 1.82) is 5.26 Å². The van der Waals surface area contributed by atoms with Crippen LogP contribution in [-0.4, -0.2) is 6.61 Å². The number of nitrogens with zero attached hydrogens (tertiary/aromatic N) is 1. The molecule has 3 heteroatoms. The Hall–Kier alpha value is -1.53. The molecule has 1 aromatic carbocycles. The molecule has 0 aromatic heterocycles. The van der Waals surface area contributed by atoms with E-state index in [1.165, 1.54) is 0 Å². The number of rotatable bonds is 3. The van der Waals surface area contributed by atoms with Crippen molar-refractivity contribution in [2.45, 2.75) is 6.54 Å². The lowest BCUT2D eigenvalue weighted by atomic mass is 10.2. The smallest absolute Gasteiger partial charge is 0.174 e. The number of hydrogen-bond acceptors (Lipinski definition) is 3. The zero-order valence-electron chi connectivity index (χ0n) is 6.58. The molecule has 0 amide bonds. The van der Waals surface area contributed by atoms with Crippen LogP contribution in [0.2, 0.25) is 0 Å². The van der Waals surface area contributed by atoms with Crippen LogP contribution in [0.5, 0.6) is 5.75 Å². The summed E-state index contributed by atoms with van der Waals surface area (Å²) in [5.41, 5.74) is 6.39. The van der Waals surface area contributed by atoms with Crippen LogP contribution >= 0.6 is 0 Å². The first-order valence-electron chi connectivity index (χ1n) is 3.57. The maximum atomic E-state index is 8.24. The van der Waals surface area contributed by atoms with Gasteiger partial charge in [0.1, 0.15) is 11.8 Å². The Bertz CT molecular complexity index is 291. The van der Waals surface area contributed by atoms with E-state index >= 15 is 0 Å². The molecule has 12 heavy (non-hydrogen) atoms. The highest BCUT2D eigenvalue weighted by molar-refractivity contribution is 5.27. The summed E-state index contributed by atoms with van der Waals surface area (Å²) in [5, 5.41) is 8.24. The van der Waals surface area contributed by atoms with Crippen molar-refractivity contribution < 1.29 is 4.74 Å². The maximum absolute atomic E-state index is 8.24. The van der Waals surface area contributed by atoms with Crippen molar-refractivity contribution in [2.24, 2.45) is 5.73 Å². The summed E-state index contributed by atoms with van der Waals surface area (Å²) in [6.45, 7) is 0.516. The fraction of sp³-hybridized carbons (Fsp3) is 0.222. The lowest BCUT2D eigenvalue weighted by molar-refractivity contribution is 0.367. The standard InChI is InChI=1S/C9H9N2O/c10-4-5-12-9-3-1-2-8(6-9)7-11/h1-2,6H,5,7,11H2. The molecule has 0 heterocycles. The summed E-state index contributed by atoms with van der Waals surface area (Å²) in [6, 6.07) is 10.1. The second-order valence-electron chi connectivity index (χ2n) is 2.21. The predicted octanol–water partition coefficient (Wildman–Crippen LogP) is 0.848. The highest BCUT2D eigenvalue weighted by Crippen LogP contribution is 2.11. The molecule has 3 nitrogen and oxygen atoms in total. The third-order valence-corrected chi connectivity index (χ3v) is 1.37. The summed E-state index contributed by atoms with van der Waals surface area (Å²) in [7, 11) is 0. The van der Waals surface area contributed by atoms with Gasteiger partial charge in [-0.1, -0.05) is 12.1 Å². The monoisotopic (exact) mass is 161 g/mol. The highest BCUT2D eigenvalue weighted by Gasteiger charge is 1.94. The van der Waals surface area contributed by atoms with Gasteiger partial charge in [-0.3, -0.25) is 0 Å². The second-order valence-corrected chi connectivity index (χ2v) is 2.21. The molecule has 0 aliphatic heterocycles. The Kier molecular flexibility index (Phi) is 3.12. The van der Waals surface area contributed by atoms with Gasteiger partial charge in [0.25, 0.3) is 0 Å². The van der Waals surface area contributed by atoms with E-state index in [1.807, 2.05) is 12.1 Å². The first-order chi connectivity index (χ1) is 5.86. The molecule has 0 bridgehead atoms. The first kappa shape index (κ1) is 8.57. The van der Waals surface area contributed by atoms with Crippen LogP contribution in [0.3, 0.4) is 0 Å². The largest absolute Gasteiger partial charge is 0.478 e. The molecule has 0 fully saturated rings. The van der Waals surface area contributed by atoms with Gasteiger partial charge >= 0.3 is 0 Å². The number of nitrogens with two attached hydrogens (primary N) is 1. The Morgan fingerprint density at radius 1 is 1.67 bits per heavy atom. The third-order valence-electron chi connectivity index (χ3n) is 1.37. The van der Waals surface area contributed by atoms with Gasteiger partial charge < -0.3 is 10.5 Å². The fourth-order valence-electron chi connectivity index (χ4n) is 0.809. The van der Waals surface area contributed by atoms with Gasteiger partial charge in [0.2, 0.25) is 0 Å². The van der Waals surface area contributed by atoms with E-state index in [1.54, 1.807) is 12.1 Å².